The van der Waals surface area contributed by atoms with Crippen molar-refractivity contribution in [3.8, 4) is 11.4 Å². The summed E-state index contributed by atoms with van der Waals surface area (Å²) in [4.78, 5) is 2.05. The lowest BCUT2D eigenvalue weighted by molar-refractivity contribution is 0.636. The summed E-state index contributed by atoms with van der Waals surface area (Å²) in [6.45, 7) is 1.76. The second-order valence-electron chi connectivity index (χ2n) is 7.04. The van der Waals surface area contributed by atoms with Crippen LogP contribution < -0.4 is 4.90 Å². The fourth-order valence-electron chi connectivity index (χ4n) is 3.99. The van der Waals surface area contributed by atoms with Gasteiger partial charge in [0.05, 0.1) is 6.54 Å². The van der Waals surface area contributed by atoms with Crippen LogP contribution >= 0.6 is 0 Å². The second-order valence-corrected chi connectivity index (χ2v) is 7.04. The number of fused-ring (bicyclic) bond motifs is 2. The number of nitrogens with one attached hydrogen (secondary N) is 1. The summed E-state index contributed by atoms with van der Waals surface area (Å²) in [6.07, 6.45) is 4.68. The zero-order valence-electron chi connectivity index (χ0n) is 14.7. The smallest absolute Gasteiger partial charge is 0.163 e. The van der Waals surface area contributed by atoms with Gasteiger partial charge in [-0.3, -0.25) is 5.41 Å². The summed E-state index contributed by atoms with van der Waals surface area (Å²) in [5, 5.41) is 17.3. The summed E-state index contributed by atoms with van der Waals surface area (Å²) in [5.74, 6) is 2.65. The van der Waals surface area contributed by atoms with Crippen LogP contribution in [0, 0.1) is 5.41 Å². The van der Waals surface area contributed by atoms with Crippen LogP contribution in [0.15, 0.2) is 48.5 Å². The normalized spacial score (nSPS) is 16.3. The zero-order chi connectivity index (χ0) is 17.5. The number of amidine groups is 1. The highest BCUT2D eigenvalue weighted by molar-refractivity contribution is 6.11. The van der Waals surface area contributed by atoms with E-state index in [0.717, 1.165) is 48.0 Å². The molecule has 0 saturated heterocycles. The Balaban J connectivity index is 1.44. The van der Waals surface area contributed by atoms with Gasteiger partial charge in [0.1, 0.15) is 11.7 Å². The van der Waals surface area contributed by atoms with Crippen molar-refractivity contribution in [2.24, 2.45) is 0 Å². The van der Waals surface area contributed by atoms with E-state index in [4.69, 9.17) is 5.41 Å². The Hall–Kier alpha value is -2.95. The van der Waals surface area contributed by atoms with E-state index >= 15 is 0 Å². The highest BCUT2D eigenvalue weighted by Crippen LogP contribution is 2.30. The van der Waals surface area contributed by atoms with Crippen molar-refractivity contribution in [1.82, 2.24) is 14.8 Å². The minimum Gasteiger partial charge on any atom is -0.322 e. The molecule has 0 spiro atoms. The first-order valence-electron chi connectivity index (χ1n) is 9.28. The van der Waals surface area contributed by atoms with Crippen LogP contribution in [0.1, 0.15) is 36.2 Å². The molecular formula is C21H21N5. The van der Waals surface area contributed by atoms with Crippen molar-refractivity contribution in [2.75, 3.05) is 4.90 Å². The van der Waals surface area contributed by atoms with E-state index in [1.165, 1.54) is 24.8 Å². The molecule has 0 bridgehead atoms. The van der Waals surface area contributed by atoms with Crippen molar-refractivity contribution >= 4 is 11.5 Å². The lowest BCUT2D eigenvalue weighted by Crippen LogP contribution is -2.22. The van der Waals surface area contributed by atoms with Crippen LogP contribution in [0.3, 0.4) is 0 Å². The SMILES string of the molecule is N=C1c2ccccc2CN1c1ccc(-c2nnc3n2CCCCC3)cc1. The van der Waals surface area contributed by atoms with Crippen molar-refractivity contribution in [3.63, 3.8) is 0 Å². The third-order valence-electron chi connectivity index (χ3n) is 5.42. The Kier molecular flexibility index (Phi) is 3.59. The van der Waals surface area contributed by atoms with E-state index in [2.05, 4.69) is 50.0 Å². The minimum atomic E-state index is 0.574. The predicted molar refractivity (Wildman–Crippen MR) is 102 cm³/mol. The molecule has 0 fully saturated rings. The second kappa shape index (κ2) is 6.09. The minimum absolute atomic E-state index is 0.574. The van der Waals surface area contributed by atoms with Gasteiger partial charge in [0.25, 0.3) is 0 Å². The van der Waals surface area contributed by atoms with E-state index in [-0.39, 0.29) is 0 Å². The predicted octanol–water partition coefficient (Wildman–Crippen LogP) is 4.02. The number of anilines is 1. The standard InChI is InChI=1S/C21H21N5/c22-20-18-7-4-3-6-16(18)14-26(20)17-11-9-15(10-12-17)21-24-23-19-8-2-1-5-13-25(19)21/h3-4,6-7,9-12,22H,1-2,5,8,13-14H2. The molecule has 0 amide bonds. The van der Waals surface area contributed by atoms with Crippen molar-refractivity contribution < 1.29 is 0 Å². The van der Waals surface area contributed by atoms with E-state index < -0.39 is 0 Å². The first-order valence-corrected chi connectivity index (χ1v) is 9.28. The molecule has 3 aromatic rings. The van der Waals surface area contributed by atoms with Crippen molar-refractivity contribution in [1.29, 1.82) is 5.41 Å². The molecule has 0 aliphatic carbocycles. The summed E-state index contributed by atoms with van der Waals surface area (Å²) in [7, 11) is 0. The van der Waals surface area contributed by atoms with Crippen molar-refractivity contribution in [2.45, 2.75) is 38.8 Å². The van der Waals surface area contributed by atoms with Crippen LogP contribution in [0.25, 0.3) is 11.4 Å². The third-order valence-corrected chi connectivity index (χ3v) is 5.42. The largest absolute Gasteiger partial charge is 0.322 e. The average molecular weight is 343 g/mol. The first-order chi connectivity index (χ1) is 12.8. The van der Waals surface area contributed by atoms with Gasteiger partial charge in [-0.25, -0.2) is 0 Å². The summed E-state index contributed by atoms with van der Waals surface area (Å²) in [5.41, 5.74) is 4.38. The van der Waals surface area contributed by atoms with Gasteiger partial charge in [0.2, 0.25) is 0 Å². The number of aryl methyl sites for hydroxylation is 1. The first kappa shape index (κ1) is 15.3. The Morgan fingerprint density at radius 2 is 1.73 bits per heavy atom. The van der Waals surface area contributed by atoms with E-state index in [1.54, 1.807) is 0 Å². The topological polar surface area (TPSA) is 57.8 Å². The van der Waals surface area contributed by atoms with E-state index in [0.29, 0.717) is 5.84 Å². The molecule has 2 aliphatic rings. The highest BCUT2D eigenvalue weighted by Gasteiger charge is 2.25. The van der Waals surface area contributed by atoms with E-state index in [9.17, 15) is 0 Å². The highest BCUT2D eigenvalue weighted by atomic mass is 15.3. The molecule has 0 atom stereocenters. The molecule has 130 valence electrons. The average Bonchev–Trinajstić information content (AvgIpc) is 3.15. The number of hydrogen-bond acceptors (Lipinski definition) is 3. The van der Waals surface area contributed by atoms with Gasteiger partial charge in [-0.15, -0.1) is 10.2 Å². The number of aromatic nitrogens is 3. The van der Waals surface area contributed by atoms with Crippen LogP contribution in [-0.4, -0.2) is 20.6 Å². The van der Waals surface area contributed by atoms with Crippen LogP contribution in [0.2, 0.25) is 0 Å². The summed E-state index contributed by atoms with van der Waals surface area (Å²) < 4.78 is 2.27. The van der Waals surface area contributed by atoms with Gasteiger partial charge in [-0.05, 0) is 42.7 Å². The fourth-order valence-corrected chi connectivity index (χ4v) is 3.99. The van der Waals surface area contributed by atoms with Gasteiger partial charge in [0, 0.05) is 29.8 Å². The van der Waals surface area contributed by atoms with Crippen LogP contribution in [-0.2, 0) is 19.5 Å². The maximum absolute atomic E-state index is 8.47. The van der Waals surface area contributed by atoms with Crippen LogP contribution in [0.5, 0.6) is 0 Å². The molecule has 1 aromatic heterocycles. The Morgan fingerprint density at radius 3 is 2.58 bits per heavy atom. The van der Waals surface area contributed by atoms with E-state index in [1.807, 2.05) is 18.2 Å². The number of nitrogens with zero attached hydrogens (tertiary/aromatic N) is 4. The molecule has 0 unspecified atom stereocenters. The number of rotatable bonds is 2. The maximum atomic E-state index is 8.47. The molecule has 5 heteroatoms. The molecule has 3 heterocycles. The molecule has 5 rings (SSSR count). The molecule has 1 N–H and O–H groups in total. The Bertz CT molecular complexity index is 970. The van der Waals surface area contributed by atoms with Gasteiger partial charge >= 0.3 is 0 Å². The molecule has 26 heavy (non-hydrogen) atoms. The molecule has 2 aliphatic heterocycles. The van der Waals surface area contributed by atoms with Crippen molar-refractivity contribution in [3.05, 3.63) is 65.5 Å². The third kappa shape index (κ3) is 2.43. The summed E-state index contributed by atoms with van der Waals surface area (Å²) >= 11 is 0. The fraction of sp³-hybridized carbons (Fsp3) is 0.286. The monoisotopic (exact) mass is 343 g/mol. The molecular weight excluding hydrogens is 322 g/mol. The molecule has 0 saturated carbocycles. The number of hydrogen-bond donors (Lipinski definition) is 1. The zero-order valence-corrected chi connectivity index (χ0v) is 14.7. The quantitative estimate of drug-likeness (QED) is 0.765. The molecule has 2 aromatic carbocycles. The molecule has 5 nitrogen and oxygen atoms in total. The van der Waals surface area contributed by atoms with Crippen LogP contribution in [0.4, 0.5) is 5.69 Å². The van der Waals surface area contributed by atoms with Gasteiger partial charge in [0.15, 0.2) is 5.82 Å². The maximum Gasteiger partial charge on any atom is 0.163 e. The van der Waals surface area contributed by atoms with Gasteiger partial charge < -0.3 is 9.47 Å². The Morgan fingerprint density at radius 1 is 0.885 bits per heavy atom. The number of benzene rings is 2. The Labute approximate surface area is 152 Å². The molecule has 0 radical (unpaired) electrons. The van der Waals surface area contributed by atoms with Gasteiger partial charge in [-0.1, -0.05) is 30.7 Å². The lowest BCUT2D eigenvalue weighted by Gasteiger charge is -2.18. The summed E-state index contributed by atoms with van der Waals surface area (Å²) in [6, 6.07) is 16.6. The lowest BCUT2D eigenvalue weighted by atomic mass is 10.1. The van der Waals surface area contributed by atoms with Gasteiger partial charge in [-0.2, -0.15) is 0 Å².